The minimum atomic E-state index is 0.216. The molecule has 1 saturated carbocycles. The first-order valence-corrected chi connectivity index (χ1v) is 11.7. The number of aliphatic hydroxyl groups excluding tert-OH is 1. The Labute approximate surface area is 179 Å². The summed E-state index contributed by atoms with van der Waals surface area (Å²) in [6, 6.07) is 4.12. The second-order valence-electron chi connectivity index (χ2n) is 8.88. The van der Waals surface area contributed by atoms with Crippen LogP contribution >= 0.6 is 0 Å². The molecule has 0 bridgehead atoms. The third-order valence-corrected chi connectivity index (χ3v) is 6.89. The number of piperazine rings is 2. The van der Waals surface area contributed by atoms with Crippen LogP contribution in [0, 0.1) is 5.92 Å². The molecule has 8 heteroatoms. The van der Waals surface area contributed by atoms with E-state index in [9.17, 15) is 4.79 Å². The topological polar surface area (TPSA) is 76.0 Å². The van der Waals surface area contributed by atoms with Crippen LogP contribution in [0.5, 0.6) is 0 Å². The van der Waals surface area contributed by atoms with Crippen molar-refractivity contribution >= 4 is 17.5 Å². The number of β-amino-alcohol motifs (C(OH)–C–C–N with tert-alkyl or cyclic N) is 1. The number of rotatable bonds is 6. The predicted octanol–water partition coefficient (Wildman–Crippen LogP) is 1.21. The Bertz CT molecular complexity index is 663. The summed E-state index contributed by atoms with van der Waals surface area (Å²) in [5.41, 5.74) is 0. The van der Waals surface area contributed by atoms with Crippen LogP contribution in [-0.2, 0) is 4.79 Å². The highest BCUT2D eigenvalue weighted by molar-refractivity contribution is 5.76. The van der Waals surface area contributed by atoms with Crippen LogP contribution < -0.4 is 9.80 Å². The summed E-state index contributed by atoms with van der Waals surface area (Å²) in [7, 11) is 0. The minimum Gasteiger partial charge on any atom is -0.395 e. The smallest absolute Gasteiger partial charge is 0.222 e. The Balaban J connectivity index is 1.23. The molecule has 0 atom stereocenters. The molecule has 2 saturated heterocycles. The molecule has 0 spiro atoms. The summed E-state index contributed by atoms with van der Waals surface area (Å²) in [5, 5.41) is 18.0. The van der Waals surface area contributed by atoms with E-state index < -0.39 is 0 Å². The number of hydrogen-bond donors (Lipinski definition) is 1. The normalized spacial score (nSPS) is 21.8. The summed E-state index contributed by atoms with van der Waals surface area (Å²) in [6.45, 7) is 7.88. The second kappa shape index (κ2) is 10.4. The fourth-order valence-corrected chi connectivity index (χ4v) is 4.95. The lowest BCUT2D eigenvalue weighted by atomic mass is 9.86. The van der Waals surface area contributed by atoms with E-state index in [0.29, 0.717) is 11.8 Å². The zero-order valence-corrected chi connectivity index (χ0v) is 18.1. The Morgan fingerprint density at radius 1 is 0.867 bits per heavy atom. The van der Waals surface area contributed by atoms with E-state index in [-0.39, 0.29) is 6.61 Å². The first kappa shape index (κ1) is 21.3. The van der Waals surface area contributed by atoms with Crippen LogP contribution in [0.4, 0.5) is 11.6 Å². The summed E-state index contributed by atoms with van der Waals surface area (Å²) in [6.07, 6.45) is 7.11. The molecule has 0 aromatic carbocycles. The summed E-state index contributed by atoms with van der Waals surface area (Å²) in [5.74, 6) is 2.76. The van der Waals surface area contributed by atoms with Crippen LogP contribution in [0.1, 0.15) is 38.5 Å². The van der Waals surface area contributed by atoms with Crippen molar-refractivity contribution in [2.75, 3.05) is 75.3 Å². The van der Waals surface area contributed by atoms with Crippen LogP contribution in [0.2, 0.25) is 0 Å². The highest BCUT2D eigenvalue weighted by atomic mass is 16.3. The van der Waals surface area contributed by atoms with Gasteiger partial charge >= 0.3 is 0 Å². The number of amides is 1. The lowest BCUT2D eigenvalue weighted by Crippen LogP contribution is -2.49. The van der Waals surface area contributed by atoms with Crippen LogP contribution in [0.25, 0.3) is 0 Å². The SMILES string of the molecule is O=C(CC1CCCCC1)N1CCN(c2ccc(N3CCN(CCO)CC3)nn2)CC1. The van der Waals surface area contributed by atoms with Gasteiger partial charge in [0.1, 0.15) is 0 Å². The van der Waals surface area contributed by atoms with E-state index in [4.69, 9.17) is 5.11 Å². The molecular weight excluding hydrogens is 380 g/mol. The molecule has 4 rings (SSSR count). The molecule has 2 aliphatic heterocycles. The zero-order chi connectivity index (χ0) is 20.8. The van der Waals surface area contributed by atoms with Gasteiger partial charge in [0.15, 0.2) is 11.6 Å². The molecule has 3 fully saturated rings. The lowest BCUT2D eigenvalue weighted by molar-refractivity contribution is -0.132. The maximum atomic E-state index is 12.6. The summed E-state index contributed by atoms with van der Waals surface area (Å²) < 4.78 is 0. The highest BCUT2D eigenvalue weighted by Gasteiger charge is 2.25. The number of aromatic nitrogens is 2. The number of nitrogens with zero attached hydrogens (tertiary/aromatic N) is 6. The molecule has 1 aromatic rings. The predicted molar refractivity (Wildman–Crippen MR) is 118 cm³/mol. The third kappa shape index (κ3) is 5.40. The molecule has 0 unspecified atom stereocenters. The minimum absolute atomic E-state index is 0.216. The van der Waals surface area contributed by atoms with Gasteiger partial charge in [0.2, 0.25) is 5.91 Å². The quantitative estimate of drug-likeness (QED) is 0.747. The van der Waals surface area contributed by atoms with Gasteiger partial charge in [-0.1, -0.05) is 19.3 Å². The lowest BCUT2D eigenvalue weighted by Gasteiger charge is -2.37. The number of carbonyl (C=O) groups is 1. The van der Waals surface area contributed by atoms with E-state index >= 15 is 0 Å². The molecule has 166 valence electrons. The van der Waals surface area contributed by atoms with E-state index in [1.807, 2.05) is 4.90 Å². The van der Waals surface area contributed by atoms with Crippen molar-refractivity contribution in [3.05, 3.63) is 12.1 Å². The Morgan fingerprint density at radius 3 is 1.97 bits per heavy atom. The molecule has 1 aromatic heterocycles. The maximum absolute atomic E-state index is 12.6. The fourth-order valence-electron chi connectivity index (χ4n) is 4.95. The molecular formula is C22H36N6O2. The fraction of sp³-hybridized carbons (Fsp3) is 0.773. The van der Waals surface area contributed by atoms with Crippen molar-refractivity contribution in [3.8, 4) is 0 Å². The maximum Gasteiger partial charge on any atom is 0.222 e. The molecule has 0 radical (unpaired) electrons. The Morgan fingerprint density at radius 2 is 1.43 bits per heavy atom. The van der Waals surface area contributed by atoms with Crippen molar-refractivity contribution in [2.24, 2.45) is 5.92 Å². The third-order valence-electron chi connectivity index (χ3n) is 6.89. The Hall–Kier alpha value is -1.93. The van der Waals surface area contributed by atoms with Crippen LogP contribution in [0.3, 0.4) is 0 Å². The number of hydrogen-bond acceptors (Lipinski definition) is 7. The van der Waals surface area contributed by atoms with Gasteiger partial charge in [-0.2, -0.15) is 0 Å². The van der Waals surface area contributed by atoms with Crippen molar-refractivity contribution in [3.63, 3.8) is 0 Å². The van der Waals surface area contributed by atoms with E-state index in [0.717, 1.165) is 77.0 Å². The molecule has 1 amide bonds. The van der Waals surface area contributed by atoms with Gasteiger partial charge in [0, 0.05) is 65.3 Å². The summed E-state index contributed by atoms with van der Waals surface area (Å²) >= 11 is 0. The number of aliphatic hydroxyl groups is 1. The van der Waals surface area contributed by atoms with Gasteiger partial charge in [-0.05, 0) is 30.9 Å². The molecule has 3 aliphatic rings. The van der Waals surface area contributed by atoms with Crippen molar-refractivity contribution in [1.29, 1.82) is 0 Å². The second-order valence-corrected chi connectivity index (χ2v) is 8.88. The van der Waals surface area contributed by atoms with Crippen molar-refractivity contribution < 1.29 is 9.90 Å². The first-order valence-electron chi connectivity index (χ1n) is 11.7. The molecule has 30 heavy (non-hydrogen) atoms. The van der Waals surface area contributed by atoms with E-state index in [2.05, 4.69) is 37.0 Å². The van der Waals surface area contributed by atoms with Crippen LogP contribution in [0.15, 0.2) is 12.1 Å². The largest absolute Gasteiger partial charge is 0.395 e. The molecule has 3 heterocycles. The number of anilines is 2. The van der Waals surface area contributed by atoms with Crippen molar-refractivity contribution in [2.45, 2.75) is 38.5 Å². The van der Waals surface area contributed by atoms with Gasteiger partial charge in [0.25, 0.3) is 0 Å². The number of carbonyl (C=O) groups excluding carboxylic acids is 1. The zero-order valence-electron chi connectivity index (χ0n) is 18.1. The molecule has 1 N–H and O–H groups in total. The molecule has 1 aliphatic carbocycles. The van der Waals surface area contributed by atoms with E-state index in [1.165, 1.54) is 32.1 Å². The van der Waals surface area contributed by atoms with E-state index in [1.54, 1.807) is 0 Å². The van der Waals surface area contributed by atoms with Crippen LogP contribution in [-0.4, -0.2) is 96.5 Å². The van der Waals surface area contributed by atoms with Gasteiger partial charge in [-0.15, -0.1) is 10.2 Å². The monoisotopic (exact) mass is 416 g/mol. The highest BCUT2D eigenvalue weighted by Crippen LogP contribution is 2.27. The standard InChI is InChI=1S/C22H36N6O2/c29-17-16-25-8-10-26(11-9-25)20-6-7-21(24-23-20)27-12-14-28(15-13-27)22(30)18-19-4-2-1-3-5-19/h6-7,19,29H,1-5,8-18H2. The molecule has 8 nitrogen and oxygen atoms in total. The average Bonchev–Trinajstić information content (AvgIpc) is 2.81. The first-order chi connectivity index (χ1) is 14.7. The van der Waals surface area contributed by atoms with Gasteiger partial charge < -0.3 is 19.8 Å². The summed E-state index contributed by atoms with van der Waals surface area (Å²) in [4.78, 5) is 21.5. The van der Waals surface area contributed by atoms with Gasteiger partial charge in [-0.3, -0.25) is 9.69 Å². The van der Waals surface area contributed by atoms with Gasteiger partial charge in [0.05, 0.1) is 6.61 Å². The van der Waals surface area contributed by atoms with Crippen molar-refractivity contribution in [1.82, 2.24) is 20.0 Å². The average molecular weight is 417 g/mol. The van der Waals surface area contributed by atoms with Gasteiger partial charge in [-0.25, -0.2) is 0 Å². The Kier molecular flexibility index (Phi) is 7.38.